The van der Waals surface area contributed by atoms with Crippen LogP contribution in [0.4, 0.5) is 9.52 Å². The first-order chi connectivity index (χ1) is 16.1. The summed E-state index contributed by atoms with van der Waals surface area (Å²) in [6, 6.07) is 12.4. The molecule has 9 heteroatoms. The van der Waals surface area contributed by atoms with Gasteiger partial charge in [-0.3, -0.25) is 19.4 Å². The minimum Gasteiger partial charge on any atom is -0.451 e. The van der Waals surface area contributed by atoms with E-state index in [0.29, 0.717) is 52.5 Å². The van der Waals surface area contributed by atoms with E-state index in [-0.39, 0.29) is 17.0 Å². The lowest BCUT2D eigenvalue weighted by atomic mass is 10.2. The molecule has 1 saturated heterocycles. The van der Waals surface area contributed by atoms with Gasteiger partial charge in [-0.15, -0.1) is 0 Å². The molecule has 5 rings (SSSR count). The Hall–Kier alpha value is -3.14. The van der Waals surface area contributed by atoms with E-state index in [4.69, 9.17) is 9.15 Å². The predicted octanol–water partition coefficient (Wildman–Crippen LogP) is 3.91. The fourth-order valence-electron chi connectivity index (χ4n) is 3.91. The number of ether oxygens (including phenoxy) is 1. The van der Waals surface area contributed by atoms with E-state index in [0.717, 1.165) is 19.6 Å². The Bertz CT molecular complexity index is 1360. The SMILES string of the molecule is O=C(c1cc(=O)c2ccccc2o1)N(CCCN1CCOCC1)c1nc2ccc(F)cc2s1. The van der Waals surface area contributed by atoms with Crippen LogP contribution in [-0.2, 0) is 4.74 Å². The fourth-order valence-corrected chi connectivity index (χ4v) is 4.92. The van der Waals surface area contributed by atoms with Crippen molar-refractivity contribution in [1.82, 2.24) is 9.88 Å². The molecule has 1 aliphatic rings. The first-order valence-corrected chi connectivity index (χ1v) is 11.6. The highest BCUT2D eigenvalue weighted by molar-refractivity contribution is 7.22. The quantitative estimate of drug-likeness (QED) is 0.428. The van der Waals surface area contributed by atoms with Gasteiger partial charge < -0.3 is 9.15 Å². The van der Waals surface area contributed by atoms with Gasteiger partial charge in [0.15, 0.2) is 16.3 Å². The van der Waals surface area contributed by atoms with Crippen LogP contribution >= 0.6 is 11.3 Å². The Morgan fingerprint density at radius 2 is 1.97 bits per heavy atom. The number of aromatic nitrogens is 1. The van der Waals surface area contributed by atoms with Crippen LogP contribution in [0.2, 0.25) is 0 Å². The van der Waals surface area contributed by atoms with Gasteiger partial charge in [0, 0.05) is 32.2 Å². The number of morpholine rings is 1. The van der Waals surface area contributed by atoms with E-state index >= 15 is 0 Å². The second-order valence-electron chi connectivity index (χ2n) is 7.84. The Labute approximate surface area is 193 Å². The molecule has 3 heterocycles. The zero-order valence-corrected chi connectivity index (χ0v) is 18.6. The number of para-hydroxylation sites is 1. The van der Waals surface area contributed by atoms with Crippen LogP contribution < -0.4 is 10.3 Å². The Kier molecular flexibility index (Phi) is 6.17. The molecule has 0 spiro atoms. The number of nitrogens with zero attached hydrogens (tertiary/aromatic N) is 3. The predicted molar refractivity (Wildman–Crippen MR) is 126 cm³/mol. The molecule has 33 heavy (non-hydrogen) atoms. The highest BCUT2D eigenvalue weighted by Gasteiger charge is 2.25. The number of amides is 1. The van der Waals surface area contributed by atoms with Crippen molar-refractivity contribution in [2.45, 2.75) is 6.42 Å². The van der Waals surface area contributed by atoms with Crippen LogP contribution in [0, 0.1) is 5.82 Å². The van der Waals surface area contributed by atoms with Crippen molar-refractivity contribution in [3.8, 4) is 0 Å². The van der Waals surface area contributed by atoms with Crippen LogP contribution in [0.25, 0.3) is 21.2 Å². The summed E-state index contributed by atoms with van der Waals surface area (Å²) in [5.74, 6) is -0.849. The van der Waals surface area contributed by atoms with Crippen molar-refractivity contribution in [2.75, 3.05) is 44.3 Å². The number of hydrogen-bond acceptors (Lipinski definition) is 7. The van der Waals surface area contributed by atoms with Crippen LogP contribution in [0.1, 0.15) is 17.0 Å². The monoisotopic (exact) mass is 467 g/mol. The summed E-state index contributed by atoms with van der Waals surface area (Å²) in [6.07, 6.45) is 0.702. The zero-order chi connectivity index (χ0) is 22.8. The molecule has 170 valence electrons. The van der Waals surface area contributed by atoms with Gasteiger partial charge in [-0.05, 0) is 36.8 Å². The summed E-state index contributed by atoms with van der Waals surface area (Å²) in [5, 5.41) is 0.863. The molecule has 1 aliphatic heterocycles. The van der Waals surface area contributed by atoms with Crippen LogP contribution in [0.5, 0.6) is 0 Å². The van der Waals surface area contributed by atoms with Crippen molar-refractivity contribution < 1.29 is 18.3 Å². The molecule has 4 aromatic rings. The number of fused-ring (bicyclic) bond motifs is 2. The van der Waals surface area contributed by atoms with Crippen LogP contribution in [0.3, 0.4) is 0 Å². The number of thiazole rings is 1. The van der Waals surface area contributed by atoms with Gasteiger partial charge in [-0.2, -0.15) is 0 Å². The van der Waals surface area contributed by atoms with Crippen molar-refractivity contribution >= 4 is 43.6 Å². The summed E-state index contributed by atoms with van der Waals surface area (Å²) in [6.45, 7) is 4.30. The number of hydrogen-bond donors (Lipinski definition) is 0. The van der Waals surface area contributed by atoms with E-state index < -0.39 is 5.91 Å². The second kappa shape index (κ2) is 9.38. The number of benzene rings is 2. The third-order valence-corrected chi connectivity index (χ3v) is 6.66. The van der Waals surface area contributed by atoms with Crippen molar-refractivity contribution in [1.29, 1.82) is 0 Å². The average Bonchev–Trinajstić information content (AvgIpc) is 3.25. The second-order valence-corrected chi connectivity index (χ2v) is 8.85. The summed E-state index contributed by atoms with van der Waals surface area (Å²) in [5.41, 5.74) is 0.690. The Balaban J connectivity index is 1.46. The minimum absolute atomic E-state index is 0.0458. The number of carbonyl (C=O) groups excluding carboxylic acids is 1. The zero-order valence-electron chi connectivity index (χ0n) is 17.8. The first-order valence-electron chi connectivity index (χ1n) is 10.8. The molecule has 0 aliphatic carbocycles. The normalized spacial score (nSPS) is 14.7. The van der Waals surface area contributed by atoms with Gasteiger partial charge in [-0.1, -0.05) is 23.5 Å². The molecule has 1 amide bonds. The lowest BCUT2D eigenvalue weighted by Crippen LogP contribution is -2.39. The third-order valence-electron chi connectivity index (χ3n) is 5.62. The standard InChI is InChI=1S/C24H22FN3O4S/c25-16-6-7-18-22(14-16)33-24(26-18)28(9-3-8-27-10-12-31-13-11-27)23(30)21-15-19(29)17-4-1-2-5-20(17)32-21/h1-2,4-7,14-15H,3,8-13H2. The van der Waals surface area contributed by atoms with Crippen LogP contribution in [0.15, 0.2) is 57.7 Å². The van der Waals surface area contributed by atoms with Crippen molar-refractivity contribution in [3.05, 3.63) is 70.3 Å². The molecule has 1 fully saturated rings. The number of rotatable bonds is 6. The molecule has 0 N–H and O–H groups in total. The topological polar surface area (TPSA) is 75.9 Å². The van der Waals surface area contributed by atoms with Crippen molar-refractivity contribution in [3.63, 3.8) is 0 Å². The lowest BCUT2D eigenvalue weighted by molar-refractivity contribution is 0.0376. The highest BCUT2D eigenvalue weighted by Crippen LogP contribution is 2.30. The third kappa shape index (κ3) is 4.66. The summed E-state index contributed by atoms with van der Waals surface area (Å²) in [7, 11) is 0. The molecule has 0 atom stereocenters. The summed E-state index contributed by atoms with van der Waals surface area (Å²) in [4.78, 5) is 34.4. The van der Waals surface area contributed by atoms with Gasteiger partial charge in [0.1, 0.15) is 11.4 Å². The number of carbonyl (C=O) groups is 1. The molecule has 7 nitrogen and oxygen atoms in total. The van der Waals surface area contributed by atoms with Crippen LogP contribution in [-0.4, -0.2) is 55.2 Å². The summed E-state index contributed by atoms with van der Waals surface area (Å²) >= 11 is 1.24. The van der Waals surface area contributed by atoms with E-state index in [2.05, 4.69) is 9.88 Å². The molecular formula is C24H22FN3O4S. The molecule has 2 aromatic heterocycles. The van der Waals surface area contributed by atoms with E-state index in [1.54, 1.807) is 30.3 Å². The largest absolute Gasteiger partial charge is 0.451 e. The minimum atomic E-state index is -0.445. The van der Waals surface area contributed by atoms with E-state index in [9.17, 15) is 14.0 Å². The molecule has 0 saturated carbocycles. The average molecular weight is 468 g/mol. The maximum absolute atomic E-state index is 13.7. The molecule has 0 unspecified atom stereocenters. The van der Waals surface area contributed by atoms with E-state index in [1.807, 2.05) is 0 Å². The van der Waals surface area contributed by atoms with Crippen molar-refractivity contribution in [2.24, 2.45) is 0 Å². The van der Waals surface area contributed by atoms with E-state index in [1.165, 1.54) is 34.4 Å². The summed E-state index contributed by atoms with van der Waals surface area (Å²) < 4.78 is 25.5. The van der Waals surface area contributed by atoms with Gasteiger partial charge in [0.05, 0.1) is 28.8 Å². The molecule has 2 aromatic carbocycles. The number of anilines is 1. The van der Waals surface area contributed by atoms with Gasteiger partial charge in [-0.25, -0.2) is 9.37 Å². The highest BCUT2D eigenvalue weighted by atomic mass is 32.1. The van der Waals surface area contributed by atoms with Gasteiger partial charge in [0.2, 0.25) is 0 Å². The number of halogens is 1. The van der Waals surface area contributed by atoms with Gasteiger partial charge >= 0.3 is 0 Å². The Morgan fingerprint density at radius 1 is 1.15 bits per heavy atom. The smallest absolute Gasteiger partial charge is 0.295 e. The molecular weight excluding hydrogens is 445 g/mol. The lowest BCUT2D eigenvalue weighted by Gasteiger charge is -2.27. The molecule has 0 radical (unpaired) electrons. The maximum atomic E-state index is 13.7. The first kappa shape index (κ1) is 21.7. The molecule has 0 bridgehead atoms. The maximum Gasteiger partial charge on any atom is 0.295 e. The fraction of sp³-hybridized carbons (Fsp3) is 0.292. The Morgan fingerprint density at radius 3 is 2.82 bits per heavy atom. The van der Waals surface area contributed by atoms with Gasteiger partial charge in [0.25, 0.3) is 5.91 Å².